The molecular weight excluding hydrogens is 334 g/mol. The first-order valence-electron chi connectivity index (χ1n) is 6.35. The summed E-state index contributed by atoms with van der Waals surface area (Å²) in [6.07, 6.45) is 0.0885. The van der Waals surface area contributed by atoms with Gasteiger partial charge in [0.15, 0.2) is 0 Å². The number of anilines is 1. The smallest absolute Gasteiger partial charge is 0.356 e. The third-order valence-electron chi connectivity index (χ3n) is 2.91. The molecule has 2 aromatic heterocycles. The molecule has 0 aliphatic heterocycles. The van der Waals surface area contributed by atoms with Crippen LogP contribution in [0.1, 0.15) is 10.6 Å². The Labute approximate surface area is 131 Å². The van der Waals surface area contributed by atoms with Gasteiger partial charge in [0, 0.05) is 18.9 Å². The average Bonchev–Trinajstić information content (AvgIpc) is 3.16. The third kappa shape index (κ3) is 3.47. The molecule has 0 amide bonds. The number of nitrogens with zero attached hydrogens (tertiary/aromatic N) is 4. The van der Waals surface area contributed by atoms with E-state index in [-0.39, 0.29) is 11.7 Å². The molecule has 0 unspecified atom stereocenters. The van der Waals surface area contributed by atoms with Crippen molar-refractivity contribution in [3.63, 3.8) is 0 Å². The summed E-state index contributed by atoms with van der Waals surface area (Å²) in [5.74, 6) is -0.462. The Morgan fingerprint density at radius 2 is 2.04 bits per heavy atom. The topological polar surface area (TPSA) is 55.6 Å². The molecule has 3 aromatic rings. The third-order valence-corrected chi connectivity index (χ3v) is 3.83. The molecule has 1 aromatic carbocycles. The van der Waals surface area contributed by atoms with Gasteiger partial charge in [-0.2, -0.15) is 13.2 Å². The zero-order valence-corrected chi connectivity index (χ0v) is 12.2. The minimum absolute atomic E-state index is 0.0245. The molecule has 0 atom stereocenters. The van der Waals surface area contributed by atoms with E-state index in [1.54, 1.807) is 18.3 Å². The fourth-order valence-electron chi connectivity index (χ4n) is 1.86. The largest absolute Gasteiger partial charge is 0.445 e. The number of benzene rings is 1. The molecule has 3 rings (SSSR count). The summed E-state index contributed by atoms with van der Waals surface area (Å²) in [6.45, 7) is 0.133. The Morgan fingerprint density at radius 1 is 1.22 bits per heavy atom. The van der Waals surface area contributed by atoms with Gasteiger partial charge >= 0.3 is 6.18 Å². The summed E-state index contributed by atoms with van der Waals surface area (Å²) in [7, 11) is 0. The van der Waals surface area contributed by atoms with Crippen molar-refractivity contribution in [3.8, 4) is 5.69 Å². The Bertz CT molecular complexity index is 797. The van der Waals surface area contributed by atoms with E-state index in [9.17, 15) is 17.6 Å². The summed E-state index contributed by atoms with van der Waals surface area (Å²) >= 11 is 0.400. The van der Waals surface area contributed by atoms with Crippen molar-refractivity contribution >= 4 is 16.5 Å². The molecule has 10 heteroatoms. The second-order valence-electron chi connectivity index (χ2n) is 4.52. The van der Waals surface area contributed by atoms with Gasteiger partial charge in [-0.3, -0.25) is 0 Å². The van der Waals surface area contributed by atoms with Gasteiger partial charge in [0.2, 0.25) is 10.1 Å². The van der Waals surface area contributed by atoms with Gasteiger partial charge in [0.05, 0.1) is 12.0 Å². The summed E-state index contributed by atoms with van der Waals surface area (Å²) in [4.78, 5) is 3.84. The van der Waals surface area contributed by atoms with Gasteiger partial charge in [0.25, 0.3) is 0 Å². The molecule has 5 nitrogen and oxygen atoms in total. The van der Waals surface area contributed by atoms with Gasteiger partial charge < -0.3 is 9.88 Å². The van der Waals surface area contributed by atoms with Crippen LogP contribution < -0.4 is 5.32 Å². The first kappa shape index (κ1) is 15.4. The Balaban J connectivity index is 1.69. The minimum Gasteiger partial charge on any atom is -0.356 e. The number of hydrogen-bond donors (Lipinski definition) is 1. The van der Waals surface area contributed by atoms with Crippen LogP contribution in [-0.4, -0.2) is 19.7 Å². The molecule has 0 aliphatic carbocycles. The highest BCUT2D eigenvalue weighted by Gasteiger charge is 2.35. The lowest BCUT2D eigenvalue weighted by molar-refractivity contribution is -0.138. The molecule has 2 heterocycles. The maximum Gasteiger partial charge on any atom is 0.445 e. The molecule has 0 spiro atoms. The van der Waals surface area contributed by atoms with E-state index < -0.39 is 17.0 Å². The fraction of sp³-hybridized carbons (Fsp3) is 0.154. The van der Waals surface area contributed by atoms with Gasteiger partial charge in [-0.15, -0.1) is 10.2 Å². The van der Waals surface area contributed by atoms with Crippen LogP contribution in [0.4, 0.5) is 22.7 Å². The van der Waals surface area contributed by atoms with E-state index >= 15 is 0 Å². The van der Waals surface area contributed by atoms with Crippen LogP contribution in [0.3, 0.4) is 0 Å². The van der Waals surface area contributed by atoms with Crippen molar-refractivity contribution in [1.82, 2.24) is 19.7 Å². The molecule has 0 radical (unpaired) electrons. The molecule has 0 saturated carbocycles. The van der Waals surface area contributed by atoms with Crippen LogP contribution in [0.15, 0.2) is 36.9 Å². The van der Waals surface area contributed by atoms with Crippen LogP contribution in [0, 0.1) is 5.82 Å². The lowest BCUT2D eigenvalue weighted by Gasteiger charge is -2.07. The maximum atomic E-state index is 14.0. The number of hydrogen-bond acceptors (Lipinski definition) is 5. The zero-order chi connectivity index (χ0) is 16.4. The minimum atomic E-state index is -4.52. The predicted octanol–water partition coefficient (Wildman–Crippen LogP) is 3.49. The van der Waals surface area contributed by atoms with Crippen LogP contribution in [0.2, 0.25) is 0 Å². The van der Waals surface area contributed by atoms with Crippen molar-refractivity contribution < 1.29 is 17.6 Å². The number of nitrogens with one attached hydrogen (secondary N) is 1. The number of aromatic nitrogens is 4. The van der Waals surface area contributed by atoms with Crippen molar-refractivity contribution in [2.24, 2.45) is 0 Å². The van der Waals surface area contributed by atoms with Gasteiger partial charge in [-0.05, 0) is 17.7 Å². The molecule has 0 aliphatic rings. The number of rotatable bonds is 4. The second kappa shape index (κ2) is 5.95. The van der Waals surface area contributed by atoms with Gasteiger partial charge in [-0.25, -0.2) is 9.37 Å². The quantitative estimate of drug-likeness (QED) is 0.737. The maximum absolute atomic E-state index is 14.0. The molecule has 0 bridgehead atoms. The van der Waals surface area contributed by atoms with E-state index in [1.165, 1.54) is 23.2 Å². The fourth-order valence-corrected chi connectivity index (χ4v) is 2.46. The average molecular weight is 343 g/mol. The van der Waals surface area contributed by atoms with Crippen molar-refractivity contribution in [1.29, 1.82) is 0 Å². The van der Waals surface area contributed by atoms with E-state index in [0.29, 0.717) is 22.6 Å². The monoisotopic (exact) mass is 343 g/mol. The van der Waals surface area contributed by atoms with Crippen LogP contribution in [0.5, 0.6) is 0 Å². The molecular formula is C13H9F4N5S. The van der Waals surface area contributed by atoms with Crippen molar-refractivity contribution in [2.45, 2.75) is 12.7 Å². The summed E-state index contributed by atoms with van der Waals surface area (Å²) in [6, 6.07) is 4.53. The SMILES string of the molecule is Fc1cc(CNc2nnc(C(F)(F)F)s2)ccc1-n1ccnc1. The molecule has 120 valence electrons. The van der Waals surface area contributed by atoms with Crippen LogP contribution >= 0.6 is 11.3 Å². The predicted molar refractivity (Wildman–Crippen MR) is 75.8 cm³/mol. The number of halogens is 4. The lowest BCUT2D eigenvalue weighted by Crippen LogP contribution is -2.03. The van der Waals surface area contributed by atoms with E-state index in [0.717, 1.165) is 0 Å². The first-order valence-corrected chi connectivity index (χ1v) is 7.16. The highest BCUT2D eigenvalue weighted by molar-refractivity contribution is 7.15. The molecule has 0 fully saturated rings. The Hall–Kier alpha value is -2.49. The molecule has 23 heavy (non-hydrogen) atoms. The van der Waals surface area contributed by atoms with Crippen LogP contribution in [0.25, 0.3) is 5.69 Å². The summed E-state index contributed by atoms with van der Waals surface area (Å²) < 4.78 is 52.8. The molecule has 1 N–H and O–H groups in total. The van der Waals surface area contributed by atoms with Gasteiger partial charge in [0.1, 0.15) is 5.82 Å². The molecule has 0 saturated heterocycles. The lowest BCUT2D eigenvalue weighted by atomic mass is 10.2. The summed E-state index contributed by atoms with van der Waals surface area (Å²) in [5.41, 5.74) is 0.900. The summed E-state index contributed by atoms with van der Waals surface area (Å²) in [5, 5.41) is 8.16. The zero-order valence-electron chi connectivity index (χ0n) is 11.4. The highest BCUT2D eigenvalue weighted by atomic mass is 32.1. The second-order valence-corrected chi connectivity index (χ2v) is 5.50. The van der Waals surface area contributed by atoms with E-state index in [2.05, 4.69) is 20.5 Å². The van der Waals surface area contributed by atoms with Crippen LogP contribution in [-0.2, 0) is 12.7 Å². The number of alkyl halides is 3. The van der Waals surface area contributed by atoms with E-state index in [4.69, 9.17) is 0 Å². The van der Waals surface area contributed by atoms with Crippen molar-refractivity contribution in [2.75, 3.05) is 5.32 Å². The number of imidazole rings is 1. The van der Waals surface area contributed by atoms with Crippen molar-refractivity contribution in [3.05, 3.63) is 53.3 Å². The van der Waals surface area contributed by atoms with Gasteiger partial charge in [-0.1, -0.05) is 17.4 Å². The Kier molecular flexibility index (Phi) is 3.99. The Morgan fingerprint density at radius 3 is 2.65 bits per heavy atom. The first-order chi connectivity index (χ1) is 10.9. The normalized spacial score (nSPS) is 11.7. The van der Waals surface area contributed by atoms with E-state index in [1.807, 2.05) is 0 Å². The standard InChI is InChI=1S/C13H9F4N5S/c14-9-5-8(1-2-10(9)22-4-3-18-7-22)6-19-12-21-20-11(23-12)13(15,16)17/h1-5,7H,6H2,(H,19,21). The highest BCUT2D eigenvalue weighted by Crippen LogP contribution is 2.33.